The molecule has 1 aromatic heterocycles. The summed E-state index contributed by atoms with van der Waals surface area (Å²) in [6, 6.07) is 37.0. The van der Waals surface area contributed by atoms with Crippen molar-refractivity contribution in [3.05, 3.63) is 132 Å². The number of fused-ring (bicyclic) bond motifs is 1. The van der Waals surface area contributed by atoms with Gasteiger partial charge in [-0.2, -0.15) is 0 Å². The summed E-state index contributed by atoms with van der Waals surface area (Å²) in [5.41, 5.74) is 7.13. The summed E-state index contributed by atoms with van der Waals surface area (Å²) in [5.74, 6) is 0.869. The molecule has 0 bridgehead atoms. The Morgan fingerprint density at radius 2 is 1.33 bits per heavy atom. The molecule has 5 heteroatoms. The number of rotatable bonds is 4. The Labute approximate surface area is 191 Å². The third-order valence-corrected chi connectivity index (χ3v) is 5.81. The van der Waals surface area contributed by atoms with Gasteiger partial charge in [0.2, 0.25) is 0 Å². The van der Waals surface area contributed by atoms with Gasteiger partial charge in [-0.3, -0.25) is 0 Å². The number of hydrogen-bond donors (Lipinski definition) is 1. The van der Waals surface area contributed by atoms with Crippen molar-refractivity contribution in [3.63, 3.8) is 0 Å². The van der Waals surface area contributed by atoms with E-state index in [1.54, 1.807) is 0 Å². The van der Waals surface area contributed by atoms with Crippen LogP contribution in [-0.2, 0) is 0 Å². The van der Waals surface area contributed by atoms with E-state index in [9.17, 15) is 0 Å². The Morgan fingerprint density at radius 1 is 0.667 bits per heavy atom. The molecule has 0 amide bonds. The Morgan fingerprint density at radius 3 is 2.09 bits per heavy atom. The molecular weight excluding hydrogens is 406 g/mol. The molecule has 5 aromatic rings. The Balaban J connectivity index is 1.37. The van der Waals surface area contributed by atoms with Gasteiger partial charge in [0.05, 0.1) is 22.9 Å². The van der Waals surface area contributed by atoms with Gasteiger partial charge in [-0.1, -0.05) is 90.1 Å². The van der Waals surface area contributed by atoms with Crippen molar-refractivity contribution in [1.29, 1.82) is 0 Å². The van der Waals surface area contributed by atoms with E-state index in [4.69, 9.17) is 4.99 Å². The van der Waals surface area contributed by atoms with E-state index in [0.717, 1.165) is 44.9 Å². The molecule has 0 saturated carbocycles. The lowest BCUT2D eigenvalue weighted by Gasteiger charge is -2.24. The van der Waals surface area contributed by atoms with E-state index in [1.165, 1.54) is 0 Å². The second kappa shape index (κ2) is 8.20. The molecule has 4 aromatic carbocycles. The van der Waals surface area contributed by atoms with Crippen LogP contribution in [0.1, 0.15) is 22.7 Å². The second-order valence-corrected chi connectivity index (χ2v) is 7.95. The minimum atomic E-state index is -0.00514. The number of amidine groups is 1. The lowest BCUT2D eigenvalue weighted by molar-refractivity contribution is 0.777. The number of nitrogens with one attached hydrogen (secondary N) is 1. The van der Waals surface area contributed by atoms with E-state index in [0.29, 0.717) is 0 Å². The van der Waals surface area contributed by atoms with E-state index in [-0.39, 0.29) is 6.04 Å². The fourth-order valence-electron chi connectivity index (χ4n) is 4.11. The SMILES string of the molecule is C1=C(c2ccccc2)N=C(c2ccccc2)NC1c1ccc(-n2nnc3ccccc32)cc1. The number of aromatic nitrogens is 3. The number of para-hydroxylation sites is 1. The first-order chi connectivity index (χ1) is 16.3. The van der Waals surface area contributed by atoms with Gasteiger partial charge < -0.3 is 5.32 Å². The highest BCUT2D eigenvalue weighted by molar-refractivity contribution is 6.03. The zero-order valence-electron chi connectivity index (χ0n) is 17.8. The average Bonchev–Trinajstić information content (AvgIpc) is 3.34. The molecule has 2 heterocycles. The van der Waals surface area contributed by atoms with Crippen molar-refractivity contribution in [1.82, 2.24) is 20.3 Å². The maximum atomic E-state index is 4.93. The smallest absolute Gasteiger partial charge is 0.134 e. The van der Waals surface area contributed by atoms with Crippen molar-refractivity contribution in [2.75, 3.05) is 0 Å². The predicted octanol–water partition coefficient (Wildman–Crippen LogP) is 5.55. The number of benzene rings is 4. The van der Waals surface area contributed by atoms with Crippen LogP contribution >= 0.6 is 0 Å². The molecule has 0 radical (unpaired) electrons. The fraction of sp³-hybridized carbons (Fsp3) is 0.0357. The van der Waals surface area contributed by atoms with Crippen LogP contribution in [0.2, 0.25) is 0 Å². The molecule has 33 heavy (non-hydrogen) atoms. The first-order valence-corrected chi connectivity index (χ1v) is 10.9. The molecule has 5 nitrogen and oxygen atoms in total. The predicted molar refractivity (Wildman–Crippen MR) is 132 cm³/mol. The van der Waals surface area contributed by atoms with Crippen LogP contribution in [0.5, 0.6) is 0 Å². The van der Waals surface area contributed by atoms with Crippen LogP contribution in [0.3, 0.4) is 0 Å². The third kappa shape index (κ3) is 3.70. The maximum absolute atomic E-state index is 4.93. The van der Waals surface area contributed by atoms with Crippen LogP contribution < -0.4 is 5.32 Å². The molecule has 6 rings (SSSR count). The topological polar surface area (TPSA) is 55.1 Å². The van der Waals surface area contributed by atoms with Gasteiger partial charge in [-0.15, -0.1) is 5.10 Å². The van der Waals surface area contributed by atoms with Gasteiger partial charge in [0.25, 0.3) is 0 Å². The number of nitrogens with zero attached hydrogens (tertiary/aromatic N) is 4. The summed E-state index contributed by atoms with van der Waals surface area (Å²) in [6.07, 6.45) is 2.18. The summed E-state index contributed by atoms with van der Waals surface area (Å²) in [5, 5.41) is 12.2. The van der Waals surface area contributed by atoms with Crippen molar-refractivity contribution >= 4 is 22.6 Å². The van der Waals surface area contributed by atoms with Crippen molar-refractivity contribution in [2.24, 2.45) is 4.99 Å². The van der Waals surface area contributed by atoms with Gasteiger partial charge in [-0.25, -0.2) is 9.67 Å². The molecule has 0 fully saturated rings. The van der Waals surface area contributed by atoms with Gasteiger partial charge in [0, 0.05) is 5.56 Å². The van der Waals surface area contributed by atoms with Crippen LogP contribution in [0, 0.1) is 0 Å². The Bertz CT molecular complexity index is 1470. The first-order valence-electron chi connectivity index (χ1n) is 10.9. The van der Waals surface area contributed by atoms with Crippen LogP contribution in [-0.4, -0.2) is 20.8 Å². The third-order valence-electron chi connectivity index (χ3n) is 5.81. The van der Waals surface area contributed by atoms with Crippen LogP contribution in [0.25, 0.3) is 22.4 Å². The lowest BCUT2D eigenvalue weighted by atomic mass is 10.00. The van der Waals surface area contributed by atoms with E-state index in [2.05, 4.69) is 70.2 Å². The minimum absolute atomic E-state index is 0.00514. The highest BCUT2D eigenvalue weighted by atomic mass is 15.4. The van der Waals surface area contributed by atoms with Gasteiger partial charge in [0.15, 0.2) is 0 Å². The maximum Gasteiger partial charge on any atom is 0.134 e. The highest BCUT2D eigenvalue weighted by Gasteiger charge is 2.19. The standard InChI is InChI=1S/C28H21N5/c1-3-9-20(10-4-1)25-19-26(30-28(29-25)22-11-5-2-6-12-22)21-15-17-23(18-16-21)33-27-14-8-7-13-24(27)31-32-33/h1-19,26H,(H,29,30). The molecule has 1 atom stereocenters. The van der Waals surface area contributed by atoms with E-state index in [1.807, 2.05) is 65.3 Å². The lowest BCUT2D eigenvalue weighted by Crippen LogP contribution is -2.31. The summed E-state index contributed by atoms with van der Waals surface area (Å²) in [7, 11) is 0. The normalized spacial score (nSPS) is 15.6. The second-order valence-electron chi connectivity index (χ2n) is 7.95. The highest BCUT2D eigenvalue weighted by Crippen LogP contribution is 2.28. The molecule has 0 spiro atoms. The van der Waals surface area contributed by atoms with Crippen molar-refractivity contribution in [2.45, 2.75) is 6.04 Å². The molecule has 158 valence electrons. The monoisotopic (exact) mass is 427 g/mol. The first kappa shape index (κ1) is 19.2. The zero-order chi connectivity index (χ0) is 22.0. The zero-order valence-corrected chi connectivity index (χ0v) is 17.8. The molecule has 1 N–H and O–H groups in total. The molecular formula is C28H21N5. The Kier molecular flexibility index (Phi) is 4.77. The molecule has 0 saturated heterocycles. The van der Waals surface area contributed by atoms with Crippen molar-refractivity contribution in [3.8, 4) is 5.69 Å². The fourth-order valence-corrected chi connectivity index (χ4v) is 4.11. The number of aliphatic imine (C=N–C) groups is 1. The summed E-state index contributed by atoms with van der Waals surface area (Å²) >= 11 is 0. The minimum Gasteiger partial charge on any atom is -0.359 e. The largest absolute Gasteiger partial charge is 0.359 e. The average molecular weight is 428 g/mol. The van der Waals surface area contributed by atoms with Gasteiger partial charge in [-0.05, 0) is 41.5 Å². The summed E-state index contributed by atoms with van der Waals surface area (Å²) in [6.45, 7) is 0. The van der Waals surface area contributed by atoms with Crippen molar-refractivity contribution < 1.29 is 0 Å². The molecule has 1 aliphatic rings. The molecule has 1 unspecified atom stereocenters. The Hall–Kier alpha value is -4.51. The van der Waals surface area contributed by atoms with Gasteiger partial charge >= 0.3 is 0 Å². The number of hydrogen-bond acceptors (Lipinski definition) is 4. The molecule has 0 aliphatic carbocycles. The molecule has 1 aliphatic heterocycles. The quantitative estimate of drug-likeness (QED) is 0.409. The summed E-state index contributed by atoms with van der Waals surface area (Å²) < 4.78 is 1.87. The van der Waals surface area contributed by atoms with Crippen LogP contribution in [0.15, 0.2) is 120 Å². The van der Waals surface area contributed by atoms with E-state index < -0.39 is 0 Å². The van der Waals surface area contributed by atoms with Gasteiger partial charge in [0.1, 0.15) is 11.4 Å². The van der Waals surface area contributed by atoms with E-state index >= 15 is 0 Å². The summed E-state index contributed by atoms with van der Waals surface area (Å²) in [4.78, 5) is 4.93. The van der Waals surface area contributed by atoms with Crippen LogP contribution in [0.4, 0.5) is 0 Å².